The molecule has 0 heterocycles. The van der Waals surface area contributed by atoms with Crippen LogP contribution in [0.4, 0.5) is 0 Å². The van der Waals surface area contributed by atoms with Gasteiger partial charge in [-0.3, -0.25) is 0 Å². The van der Waals surface area contributed by atoms with Gasteiger partial charge in [0.1, 0.15) is 0 Å². The van der Waals surface area contributed by atoms with E-state index in [4.69, 9.17) is 4.74 Å². The van der Waals surface area contributed by atoms with Gasteiger partial charge in [-0.05, 0) is 26.9 Å². The number of hydrogen-bond donors (Lipinski definition) is 0. The van der Waals surface area contributed by atoms with Crippen molar-refractivity contribution >= 4 is 22.6 Å². The Balaban J connectivity index is 2.18. The van der Waals surface area contributed by atoms with Crippen LogP contribution in [-0.2, 0) is 4.74 Å². The van der Waals surface area contributed by atoms with Gasteiger partial charge in [0.2, 0.25) is 0 Å². The highest BCUT2D eigenvalue weighted by Crippen LogP contribution is 2.46. The van der Waals surface area contributed by atoms with E-state index in [2.05, 4.69) is 41.6 Å². The van der Waals surface area contributed by atoms with Crippen molar-refractivity contribution < 1.29 is 4.74 Å². The zero-order chi connectivity index (χ0) is 8.32. The van der Waals surface area contributed by atoms with Gasteiger partial charge in [0.25, 0.3) is 0 Å². The van der Waals surface area contributed by atoms with Crippen LogP contribution < -0.4 is 0 Å². The van der Waals surface area contributed by atoms with Crippen LogP contribution in [0, 0.1) is 5.41 Å². The van der Waals surface area contributed by atoms with Gasteiger partial charge in [-0.2, -0.15) is 0 Å². The van der Waals surface area contributed by atoms with E-state index in [0.29, 0.717) is 5.41 Å². The van der Waals surface area contributed by atoms with Gasteiger partial charge in [0.05, 0.1) is 11.2 Å². The third-order valence-corrected chi connectivity index (χ3v) is 2.53. The molecule has 1 aliphatic rings. The number of halogens is 1. The molecule has 0 radical (unpaired) electrons. The standard InChI is InChI=1S/C8H16INO/c1-10(2)5-8(3-4-8)6-11-7-9/h3-7H2,1-2H3. The summed E-state index contributed by atoms with van der Waals surface area (Å²) in [7, 11) is 4.26. The first-order valence-corrected chi connectivity index (χ1v) is 5.50. The van der Waals surface area contributed by atoms with Gasteiger partial charge >= 0.3 is 0 Å². The SMILES string of the molecule is CN(C)CC1(COCI)CC1. The molecule has 1 fully saturated rings. The van der Waals surface area contributed by atoms with Gasteiger partial charge in [-0.25, -0.2) is 0 Å². The lowest BCUT2D eigenvalue weighted by molar-refractivity contribution is 0.117. The van der Waals surface area contributed by atoms with E-state index in [0.717, 1.165) is 11.2 Å². The lowest BCUT2D eigenvalue weighted by atomic mass is 10.1. The maximum absolute atomic E-state index is 5.42. The van der Waals surface area contributed by atoms with Gasteiger partial charge in [-0.15, -0.1) is 0 Å². The Morgan fingerprint density at radius 2 is 2.09 bits per heavy atom. The third kappa shape index (κ3) is 3.25. The molecule has 3 heteroatoms. The third-order valence-electron chi connectivity index (χ3n) is 2.09. The Labute approximate surface area is 82.4 Å². The molecule has 0 unspecified atom stereocenters. The highest BCUT2D eigenvalue weighted by Gasteiger charge is 2.42. The molecule has 0 amide bonds. The number of rotatable bonds is 5. The number of hydrogen-bond acceptors (Lipinski definition) is 2. The van der Waals surface area contributed by atoms with Crippen LogP contribution in [0.3, 0.4) is 0 Å². The molecule has 0 spiro atoms. The molecule has 0 bridgehead atoms. The first-order chi connectivity index (χ1) is 5.18. The van der Waals surface area contributed by atoms with Crippen LogP contribution in [0.1, 0.15) is 12.8 Å². The highest BCUT2D eigenvalue weighted by atomic mass is 127. The Morgan fingerprint density at radius 3 is 2.45 bits per heavy atom. The molecule has 0 N–H and O–H groups in total. The van der Waals surface area contributed by atoms with E-state index in [-0.39, 0.29) is 0 Å². The Hall–Kier alpha value is 0.650. The number of alkyl halides is 1. The Morgan fingerprint density at radius 1 is 1.45 bits per heavy atom. The second-order valence-electron chi connectivity index (χ2n) is 3.70. The Kier molecular flexibility index (Phi) is 3.58. The molecule has 1 aliphatic carbocycles. The van der Waals surface area contributed by atoms with Crippen LogP contribution in [0.5, 0.6) is 0 Å². The summed E-state index contributed by atoms with van der Waals surface area (Å²) in [6, 6.07) is 0. The van der Waals surface area contributed by atoms with Gasteiger partial charge in [0.15, 0.2) is 0 Å². The largest absolute Gasteiger partial charge is 0.370 e. The normalized spacial score (nSPS) is 20.7. The van der Waals surface area contributed by atoms with Crippen molar-refractivity contribution in [1.82, 2.24) is 4.90 Å². The molecule has 0 atom stereocenters. The quantitative estimate of drug-likeness (QED) is 0.557. The highest BCUT2D eigenvalue weighted by molar-refractivity contribution is 14.1. The molecular weight excluding hydrogens is 253 g/mol. The Bertz CT molecular complexity index is 123. The van der Waals surface area contributed by atoms with E-state index in [1.807, 2.05) is 0 Å². The zero-order valence-corrected chi connectivity index (χ0v) is 9.43. The van der Waals surface area contributed by atoms with Crippen molar-refractivity contribution in [2.45, 2.75) is 12.8 Å². The lowest BCUT2D eigenvalue weighted by Gasteiger charge is -2.19. The van der Waals surface area contributed by atoms with Crippen LogP contribution in [0.2, 0.25) is 0 Å². The van der Waals surface area contributed by atoms with Crippen molar-refractivity contribution in [2.75, 3.05) is 31.9 Å². The summed E-state index contributed by atoms with van der Waals surface area (Å²) >= 11 is 2.25. The zero-order valence-electron chi connectivity index (χ0n) is 7.27. The molecule has 11 heavy (non-hydrogen) atoms. The fourth-order valence-electron chi connectivity index (χ4n) is 1.45. The molecule has 0 aromatic rings. The first kappa shape index (κ1) is 9.74. The molecule has 66 valence electrons. The molecule has 0 aromatic carbocycles. The van der Waals surface area contributed by atoms with E-state index in [1.165, 1.54) is 19.4 Å². The average molecular weight is 269 g/mol. The van der Waals surface area contributed by atoms with Crippen LogP contribution >= 0.6 is 22.6 Å². The van der Waals surface area contributed by atoms with E-state index in [9.17, 15) is 0 Å². The van der Waals surface area contributed by atoms with Crippen LogP contribution in [-0.4, -0.2) is 36.8 Å². The van der Waals surface area contributed by atoms with Crippen molar-refractivity contribution in [3.8, 4) is 0 Å². The van der Waals surface area contributed by atoms with Crippen LogP contribution in [0.15, 0.2) is 0 Å². The summed E-state index contributed by atoms with van der Waals surface area (Å²) in [6.07, 6.45) is 2.70. The van der Waals surface area contributed by atoms with E-state index in [1.54, 1.807) is 0 Å². The minimum Gasteiger partial charge on any atom is -0.370 e. The predicted molar refractivity (Wildman–Crippen MR) is 55.1 cm³/mol. The summed E-state index contributed by atoms with van der Waals surface area (Å²) in [5.74, 6) is 0. The topological polar surface area (TPSA) is 12.5 Å². The second-order valence-corrected chi connectivity index (χ2v) is 4.32. The van der Waals surface area contributed by atoms with Crippen molar-refractivity contribution in [3.05, 3.63) is 0 Å². The average Bonchev–Trinajstić information content (AvgIpc) is 2.64. The monoisotopic (exact) mass is 269 g/mol. The molecule has 2 nitrogen and oxygen atoms in total. The summed E-state index contributed by atoms with van der Waals surface area (Å²) in [5, 5.41) is 0. The van der Waals surface area contributed by atoms with Crippen molar-refractivity contribution in [1.29, 1.82) is 0 Å². The van der Waals surface area contributed by atoms with Crippen LogP contribution in [0.25, 0.3) is 0 Å². The summed E-state index contributed by atoms with van der Waals surface area (Å²) in [5.41, 5.74) is 0.522. The second kappa shape index (κ2) is 4.05. The summed E-state index contributed by atoms with van der Waals surface area (Å²) in [6.45, 7) is 2.14. The number of nitrogens with zero attached hydrogens (tertiary/aromatic N) is 1. The molecule has 1 rings (SSSR count). The van der Waals surface area contributed by atoms with Gasteiger partial charge in [0, 0.05) is 12.0 Å². The van der Waals surface area contributed by atoms with E-state index >= 15 is 0 Å². The number of ether oxygens (including phenoxy) is 1. The predicted octanol–water partition coefficient (Wildman–Crippen LogP) is 1.74. The maximum atomic E-state index is 5.42. The summed E-state index contributed by atoms with van der Waals surface area (Å²) < 4.78 is 6.25. The van der Waals surface area contributed by atoms with Gasteiger partial charge in [-0.1, -0.05) is 22.6 Å². The fourth-order valence-corrected chi connectivity index (χ4v) is 1.67. The van der Waals surface area contributed by atoms with E-state index < -0.39 is 0 Å². The maximum Gasteiger partial charge on any atom is 0.0979 e. The molecular formula is C8H16INO. The fraction of sp³-hybridized carbons (Fsp3) is 1.00. The molecule has 1 saturated carbocycles. The van der Waals surface area contributed by atoms with Gasteiger partial charge < -0.3 is 9.64 Å². The molecule has 0 aliphatic heterocycles. The minimum atomic E-state index is 0.522. The molecule has 0 aromatic heterocycles. The van der Waals surface area contributed by atoms with Crippen molar-refractivity contribution in [3.63, 3.8) is 0 Å². The minimum absolute atomic E-state index is 0.522. The molecule has 0 saturated heterocycles. The lowest BCUT2D eigenvalue weighted by Crippen LogP contribution is -2.26. The first-order valence-electron chi connectivity index (χ1n) is 3.97. The smallest absolute Gasteiger partial charge is 0.0979 e. The van der Waals surface area contributed by atoms with Crippen molar-refractivity contribution in [2.24, 2.45) is 5.41 Å². The summed E-state index contributed by atoms with van der Waals surface area (Å²) in [4.78, 5) is 2.25.